The largest absolute Gasteiger partial charge is 0.478 e. The molecule has 0 atom stereocenters. The maximum absolute atomic E-state index is 5.44. The van der Waals surface area contributed by atoms with Crippen LogP contribution in [0.4, 0.5) is 0 Å². The Hall–Kier alpha value is -1.28. The molecule has 1 aliphatic rings. The predicted octanol–water partition coefficient (Wildman–Crippen LogP) is 2.14. The third-order valence-electron chi connectivity index (χ3n) is 1.56. The number of rotatable bonds is 4. The van der Waals surface area contributed by atoms with E-state index in [2.05, 4.69) is 5.32 Å². The highest BCUT2D eigenvalue weighted by Crippen LogP contribution is 2.02. The molecule has 0 fully saturated rings. The summed E-state index contributed by atoms with van der Waals surface area (Å²) in [6.07, 6.45) is 13.7. The maximum Gasteiger partial charge on any atom is 0.139 e. The fraction of sp³-hybridized carbons (Fsp3) is 0.273. The molecule has 0 aromatic heterocycles. The highest BCUT2D eigenvalue weighted by molar-refractivity contribution is 5.27. The van der Waals surface area contributed by atoms with Crippen LogP contribution in [0.15, 0.2) is 48.3 Å². The van der Waals surface area contributed by atoms with Crippen molar-refractivity contribution in [3.8, 4) is 0 Å². The Balaban J connectivity index is 2.39. The molecule has 0 aliphatic heterocycles. The van der Waals surface area contributed by atoms with E-state index in [9.17, 15) is 0 Å². The fourth-order valence-corrected chi connectivity index (χ4v) is 0.881. The zero-order chi connectivity index (χ0) is 9.36. The van der Waals surface area contributed by atoms with Crippen molar-refractivity contribution in [3.63, 3.8) is 0 Å². The second-order valence-electron chi connectivity index (χ2n) is 2.59. The standard InChI is InChI=1S/C11H15NO/c1-2-12-10-13-11-8-6-4-3-5-7-9-11/h3-9,12H,2,10H2,1H3/b4-3-,5-3?,6-4?,7-5-,8-6-,9-7?,11-8?,11-9+. The number of allylic oxidation sites excluding steroid dienone is 7. The van der Waals surface area contributed by atoms with Crippen molar-refractivity contribution in [2.24, 2.45) is 0 Å². The van der Waals surface area contributed by atoms with Gasteiger partial charge in [0.25, 0.3) is 0 Å². The van der Waals surface area contributed by atoms with Crippen molar-refractivity contribution >= 4 is 0 Å². The summed E-state index contributed by atoms with van der Waals surface area (Å²) in [6, 6.07) is 0. The molecule has 2 heteroatoms. The first-order chi connectivity index (χ1) is 6.43. The van der Waals surface area contributed by atoms with E-state index in [1.807, 2.05) is 49.5 Å². The summed E-state index contributed by atoms with van der Waals surface area (Å²) >= 11 is 0. The molecule has 0 spiro atoms. The average molecular weight is 177 g/mol. The van der Waals surface area contributed by atoms with Gasteiger partial charge in [-0.15, -0.1) is 0 Å². The summed E-state index contributed by atoms with van der Waals surface area (Å²) in [5.74, 6) is 0.876. The lowest BCUT2D eigenvalue weighted by Crippen LogP contribution is -2.16. The summed E-state index contributed by atoms with van der Waals surface area (Å²) in [4.78, 5) is 0. The maximum atomic E-state index is 5.44. The van der Waals surface area contributed by atoms with Gasteiger partial charge in [-0.1, -0.05) is 37.3 Å². The molecule has 70 valence electrons. The van der Waals surface area contributed by atoms with E-state index in [0.29, 0.717) is 6.73 Å². The zero-order valence-corrected chi connectivity index (χ0v) is 7.86. The van der Waals surface area contributed by atoms with Crippen LogP contribution < -0.4 is 5.32 Å². The molecule has 1 N–H and O–H groups in total. The molecule has 0 radical (unpaired) electrons. The van der Waals surface area contributed by atoms with E-state index in [1.165, 1.54) is 0 Å². The Bertz CT molecular complexity index is 249. The van der Waals surface area contributed by atoms with Crippen molar-refractivity contribution in [1.82, 2.24) is 5.32 Å². The first kappa shape index (κ1) is 9.81. The molecule has 0 heterocycles. The van der Waals surface area contributed by atoms with E-state index in [-0.39, 0.29) is 0 Å². The SMILES string of the molecule is CCNCOC1=C/C=C\C=C/C=C\1. The minimum Gasteiger partial charge on any atom is -0.478 e. The smallest absolute Gasteiger partial charge is 0.139 e. The van der Waals surface area contributed by atoms with Gasteiger partial charge in [0.05, 0.1) is 0 Å². The highest BCUT2D eigenvalue weighted by Gasteiger charge is 1.90. The summed E-state index contributed by atoms with van der Waals surface area (Å²) < 4.78 is 5.44. The van der Waals surface area contributed by atoms with E-state index in [1.54, 1.807) is 0 Å². The lowest BCUT2D eigenvalue weighted by atomic mass is 10.3. The number of nitrogens with one attached hydrogen (secondary N) is 1. The first-order valence-electron chi connectivity index (χ1n) is 4.48. The van der Waals surface area contributed by atoms with E-state index < -0.39 is 0 Å². The molecule has 13 heavy (non-hydrogen) atoms. The Kier molecular flexibility index (Phi) is 4.72. The van der Waals surface area contributed by atoms with Gasteiger partial charge in [0.2, 0.25) is 0 Å². The van der Waals surface area contributed by atoms with E-state index in [4.69, 9.17) is 4.74 Å². The lowest BCUT2D eigenvalue weighted by molar-refractivity contribution is 0.202. The summed E-state index contributed by atoms with van der Waals surface area (Å²) in [5.41, 5.74) is 0. The minimum absolute atomic E-state index is 0.560. The Labute approximate surface area is 79.3 Å². The monoisotopic (exact) mass is 177 g/mol. The molecule has 0 saturated heterocycles. The van der Waals surface area contributed by atoms with Crippen LogP contribution >= 0.6 is 0 Å². The van der Waals surface area contributed by atoms with Crippen LogP contribution in [-0.4, -0.2) is 13.3 Å². The molecule has 1 aliphatic carbocycles. The van der Waals surface area contributed by atoms with Crippen molar-refractivity contribution in [1.29, 1.82) is 0 Å². The van der Waals surface area contributed by atoms with Crippen molar-refractivity contribution in [2.45, 2.75) is 6.92 Å². The van der Waals surface area contributed by atoms with Crippen LogP contribution in [0.3, 0.4) is 0 Å². The minimum atomic E-state index is 0.560. The molecule has 0 bridgehead atoms. The topological polar surface area (TPSA) is 21.3 Å². The molecule has 0 aromatic rings. The fourth-order valence-electron chi connectivity index (χ4n) is 0.881. The van der Waals surface area contributed by atoms with Gasteiger partial charge < -0.3 is 4.74 Å². The van der Waals surface area contributed by atoms with Gasteiger partial charge in [-0.25, -0.2) is 0 Å². The quantitative estimate of drug-likeness (QED) is 0.524. The van der Waals surface area contributed by atoms with E-state index in [0.717, 1.165) is 12.3 Å². The van der Waals surface area contributed by atoms with Gasteiger partial charge in [0, 0.05) is 0 Å². The van der Waals surface area contributed by atoms with E-state index >= 15 is 0 Å². The summed E-state index contributed by atoms with van der Waals surface area (Å²) in [7, 11) is 0. The van der Waals surface area contributed by atoms with Crippen molar-refractivity contribution in [3.05, 3.63) is 48.3 Å². The average Bonchev–Trinajstić information content (AvgIpc) is 2.08. The van der Waals surface area contributed by atoms with Crippen LogP contribution in [0.2, 0.25) is 0 Å². The molecule has 0 unspecified atom stereocenters. The number of hydrogen-bond donors (Lipinski definition) is 1. The van der Waals surface area contributed by atoms with Crippen LogP contribution in [0.25, 0.3) is 0 Å². The van der Waals surface area contributed by atoms with Gasteiger partial charge >= 0.3 is 0 Å². The van der Waals surface area contributed by atoms with Gasteiger partial charge in [0.15, 0.2) is 0 Å². The van der Waals surface area contributed by atoms with Crippen LogP contribution in [0.5, 0.6) is 0 Å². The zero-order valence-electron chi connectivity index (χ0n) is 7.86. The summed E-state index contributed by atoms with van der Waals surface area (Å²) in [6.45, 7) is 3.53. The molecule has 0 aromatic carbocycles. The van der Waals surface area contributed by atoms with Crippen LogP contribution in [0.1, 0.15) is 6.92 Å². The Morgan fingerprint density at radius 1 is 1.15 bits per heavy atom. The van der Waals surface area contributed by atoms with Crippen molar-refractivity contribution in [2.75, 3.05) is 13.3 Å². The lowest BCUT2D eigenvalue weighted by Gasteiger charge is -2.06. The second kappa shape index (κ2) is 6.26. The number of ether oxygens (including phenoxy) is 1. The Morgan fingerprint density at radius 3 is 2.77 bits per heavy atom. The van der Waals surface area contributed by atoms with Gasteiger partial charge in [-0.05, 0) is 18.7 Å². The molecule has 0 amide bonds. The molecule has 2 nitrogen and oxygen atoms in total. The normalized spacial score (nSPS) is 26.4. The first-order valence-corrected chi connectivity index (χ1v) is 4.48. The molecular formula is C11H15NO. The molecule has 0 saturated carbocycles. The van der Waals surface area contributed by atoms with Crippen molar-refractivity contribution < 1.29 is 4.74 Å². The Morgan fingerprint density at radius 2 is 1.92 bits per heavy atom. The van der Waals surface area contributed by atoms with Crippen LogP contribution in [-0.2, 0) is 4.74 Å². The van der Waals surface area contributed by atoms with Gasteiger partial charge in [0.1, 0.15) is 12.5 Å². The molecule has 1 rings (SSSR count). The third kappa shape index (κ3) is 4.33. The van der Waals surface area contributed by atoms with Crippen LogP contribution in [0, 0.1) is 0 Å². The predicted molar refractivity (Wildman–Crippen MR) is 55.1 cm³/mol. The highest BCUT2D eigenvalue weighted by atomic mass is 16.5. The third-order valence-corrected chi connectivity index (χ3v) is 1.56. The van der Waals surface area contributed by atoms with Gasteiger partial charge in [-0.3, -0.25) is 5.32 Å². The number of hydrogen-bond acceptors (Lipinski definition) is 2. The molecular weight excluding hydrogens is 162 g/mol. The second-order valence-corrected chi connectivity index (χ2v) is 2.59. The summed E-state index contributed by atoms with van der Waals surface area (Å²) in [5, 5.41) is 3.09. The van der Waals surface area contributed by atoms with Gasteiger partial charge in [-0.2, -0.15) is 0 Å².